The summed E-state index contributed by atoms with van der Waals surface area (Å²) in [6, 6.07) is 3.65. The molecule has 0 bridgehead atoms. The summed E-state index contributed by atoms with van der Waals surface area (Å²) in [6.45, 7) is 5.66. The third-order valence-corrected chi connectivity index (χ3v) is 7.06. The van der Waals surface area contributed by atoms with Crippen molar-refractivity contribution < 1.29 is 13.9 Å². The number of amides is 1. The van der Waals surface area contributed by atoms with E-state index in [4.69, 9.17) is 5.73 Å². The Bertz CT molecular complexity index is 854. The van der Waals surface area contributed by atoms with Crippen LogP contribution in [0.3, 0.4) is 0 Å². The summed E-state index contributed by atoms with van der Waals surface area (Å²) >= 11 is 0. The van der Waals surface area contributed by atoms with Gasteiger partial charge in [-0.3, -0.25) is 22.9 Å². The first-order valence-electron chi connectivity index (χ1n) is 10.1. The number of primary amides is 1. The van der Waals surface area contributed by atoms with Crippen LogP contribution in [0.5, 0.6) is 0 Å². The van der Waals surface area contributed by atoms with Gasteiger partial charge in [-0.1, -0.05) is 13.3 Å². The van der Waals surface area contributed by atoms with Crippen LogP contribution in [0.2, 0.25) is 0 Å². The number of rotatable bonds is 8. The number of benzene rings is 1. The van der Waals surface area contributed by atoms with Crippen molar-refractivity contribution in [1.82, 2.24) is 9.78 Å². The van der Waals surface area contributed by atoms with Crippen molar-refractivity contribution >= 4 is 28.1 Å². The number of carbonyl (C=O) groups is 1. The van der Waals surface area contributed by atoms with Crippen LogP contribution < -0.4 is 15.4 Å². The molecule has 0 atom stereocenters. The molecular weight excluding hydrogens is 390 g/mol. The number of hydrogen-bond donors (Lipinski definition) is 4. The molecule has 160 valence electrons. The minimum atomic E-state index is -2.97. The largest absolute Gasteiger partial charge is 0.385 e. The van der Waals surface area contributed by atoms with Crippen LogP contribution in [0.4, 0.5) is 11.4 Å². The summed E-state index contributed by atoms with van der Waals surface area (Å²) in [5.74, 6) is -0.176. The van der Waals surface area contributed by atoms with E-state index in [1.165, 1.54) is 0 Å². The molecule has 29 heavy (non-hydrogen) atoms. The van der Waals surface area contributed by atoms with E-state index in [1.54, 1.807) is 21.3 Å². The monoisotopic (exact) mass is 421 g/mol. The number of carbonyl (C=O) groups excluding carboxylic acids is 1. The van der Waals surface area contributed by atoms with E-state index in [-0.39, 0.29) is 0 Å². The summed E-state index contributed by atoms with van der Waals surface area (Å²) in [4.78, 5) is 12.3. The third-order valence-electron chi connectivity index (χ3n) is 5.15. The highest BCUT2D eigenvalue weighted by atomic mass is 32.3. The smallest absolute Gasteiger partial charge is 0.249 e. The van der Waals surface area contributed by atoms with E-state index in [1.807, 2.05) is 26.1 Å². The fourth-order valence-electron chi connectivity index (χ4n) is 3.91. The van der Waals surface area contributed by atoms with Crippen LogP contribution in [0.1, 0.15) is 54.6 Å². The van der Waals surface area contributed by atoms with Crippen LogP contribution in [-0.4, -0.2) is 43.6 Å². The van der Waals surface area contributed by atoms with Crippen molar-refractivity contribution in [3.63, 3.8) is 0 Å². The van der Waals surface area contributed by atoms with E-state index in [2.05, 4.69) is 10.4 Å². The Hall–Kier alpha value is -2.23. The second-order valence-electron chi connectivity index (χ2n) is 7.27. The SMILES string of the molecule is CCCc1c(C(N)=O)cc(NCC)c(Cn2cccn2)c1N1CCCCS1(O)O. The lowest BCUT2D eigenvalue weighted by Crippen LogP contribution is -2.36. The van der Waals surface area contributed by atoms with Gasteiger partial charge >= 0.3 is 0 Å². The van der Waals surface area contributed by atoms with Gasteiger partial charge in [0.25, 0.3) is 0 Å². The minimum Gasteiger partial charge on any atom is -0.385 e. The molecule has 1 fully saturated rings. The lowest BCUT2D eigenvalue weighted by Gasteiger charge is -2.49. The Kier molecular flexibility index (Phi) is 6.71. The van der Waals surface area contributed by atoms with Crippen molar-refractivity contribution in [2.24, 2.45) is 5.73 Å². The molecule has 1 aromatic carbocycles. The molecule has 9 heteroatoms. The second-order valence-corrected chi connectivity index (χ2v) is 9.38. The highest BCUT2D eigenvalue weighted by Crippen LogP contribution is 2.53. The van der Waals surface area contributed by atoms with Gasteiger partial charge in [-0.05, 0) is 43.9 Å². The molecule has 0 radical (unpaired) electrons. The first-order valence-corrected chi connectivity index (χ1v) is 11.8. The van der Waals surface area contributed by atoms with Crippen LogP contribution in [0.25, 0.3) is 0 Å². The molecular formula is C20H31N5O3S. The maximum absolute atomic E-state index is 12.3. The van der Waals surface area contributed by atoms with E-state index >= 15 is 0 Å². The molecule has 0 aliphatic carbocycles. The molecule has 1 saturated heterocycles. The minimum absolute atomic E-state index is 0.330. The van der Waals surface area contributed by atoms with E-state index in [0.29, 0.717) is 43.1 Å². The molecule has 1 aliphatic rings. The molecule has 1 aliphatic heterocycles. The van der Waals surface area contributed by atoms with E-state index in [0.717, 1.165) is 36.1 Å². The Morgan fingerprint density at radius 3 is 2.69 bits per heavy atom. The standard InChI is InChI=1S/C20H31N5O3S/c1-3-8-15-16(20(21)26)13-18(22-4-2)17(14-24-10-7-9-23-24)19(15)25-11-5-6-12-29(25,27)28/h7,9-10,13,22,27-28H,3-6,8,11-12,14H2,1-2H3,(H2,21,26). The average molecular weight is 422 g/mol. The van der Waals surface area contributed by atoms with Crippen LogP contribution in [0.15, 0.2) is 24.5 Å². The number of aromatic nitrogens is 2. The molecule has 5 N–H and O–H groups in total. The first-order chi connectivity index (χ1) is 13.9. The molecule has 0 unspecified atom stereocenters. The number of anilines is 2. The van der Waals surface area contributed by atoms with Gasteiger partial charge in [0.15, 0.2) is 0 Å². The quantitative estimate of drug-likeness (QED) is 0.517. The fraction of sp³-hybridized carbons (Fsp3) is 0.500. The van der Waals surface area contributed by atoms with Gasteiger partial charge in [0.1, 0.15) is 0 Å². The molecule has 2 aromatic rings. The maximum atomic E-state index is 12.3. The summed E-state index contributed by atoms with van der Waals surface area (Å²) in [5, 5.41) is 7.66. The molecule has 0 saturated carbocycles. The molecule has 0 spiro atoms. The van der Waals surface area contributed by atoms with Gasteiger partial charge in [0.2, 0.25) is 5.91 Å². The first kappa shape index (κ1) is 21.5. The van der Waals surface area contributed by atoms with Crippen molar-refractivity contribution in [2.45, 2.75) is 46.1 Å². The van der Waals surface area contributed by atoms with E-state index < -0.39 is 16.7 Å². The molecule has 1 amide bonds. The van der Waals surface area contributed by atoms with Gasteiger partial charge in [0, 0.05) is 42.3 Å². The number of nitrogens with zero attached hydrogens (tertiary/aromatic N) is 3. The molecule has 2 heterocycles. The zero-order chi connectivity index (χ0) is 21.0. The van der Waals surface area contributed by atoms with Crippen LogP contribution >= 0.6 is 10.8 Å². The topological polar surface area (TPSA) is 117 Å². The highest BCUT2D eigenvalue weighted by Gasteiger charge is 2.33. The Morgan fingerprint density at radius 2 is 2.10 bits per heavy atom. The van der Waals surface area contributed by atoms with Gasteiger partial charge in [-0.2, -0.15) is 5.10 Å². The number of nitrogens with one attached hydrogen (secondary N) is 1. The predicted octanol–water partition coefficient (Wildman–Crippen LogP) is 3.68. The maximum Gasteiger partial charge on any atom is 0.249 e. The Labute approximate surface area is 173 Å². The van der Waals surface area contributed by atoms with Gasteiger partial charge in [-0.25, -0.2) is 0 Å². The lowest BCUT2D eigenvalue weighted by atomic mass is 9.94. The summed E-state index contributed by atoms with van der Waals surface area (Å²) in [7, 11) is -2.97. The third kappa shape index (κ3) is 4.52. The second kappa shape index (κ2) is 9.06. The van der Waals surface area contributed by atoms with Gasteiger partial charge < -0.3 is 11.1 Å². The predicted molar refractivity (Wildman–Crippen MR) is 119 cm³/mol. The fourth-order valence-corrected chi connectivity index (χ4v) is 5.66. The van der Waals surface area contributed by atoms with E-state index in [9.17, 15) is 13.9 Å². The zero-order valence-corrected chi connectivity index (χ0v) is 17.9. The molecule has 8 nitrogen and oxygen atoms in total. The van der Waals surface area contributed by atoms with Crippen molar-refractivity contribution in [1.29, 1.82) is 0 Å². The average Bonchev–Trinajstić information content (AvgIpc) is 3.17. The lowest BCUT2D eigenvalue weighted by molar-refractivity contribution is 0.0999. The zero-order valence-electron chi connectivity index (χ0n) is 17.1. The van der Waals surface area contributed by atoms with Crippen LogP contribution in [0, 0.1) is 0 Å². The molecule has 3 rings (SSSR count). The Balaban J connectivity index is 2.29. The van der Waals surface area contributed by atoms with Crippen molar-refractivity contribution in [3.8, 4) is 0 Å². The van der Waals surface area contributed by atoms with Gasteiger partial charge in [-0.15, -0.1) is 10.8 Å². The van der Waals surface area contributed by atoms with Crippen molar-refractivity contribution in [3.05, 3.63) is 41.2 Å². The summed E-state index contributed by atoms with van der Waals surface area (Å²) in [5.41, 5.74) is 9.34. The number of nitrogens with two attached hydrogens (primary N) is 1. The normalized spacial score (nSPS) is 17.2. The highest BCUT2D eigenvalue weighted by molar-refractivity contribution is 8.25. The van der Waals surface area contributed by atoms with Crippen molar-refractivity contribution in [2.75, 3.05) is 28.5 Å². The van der Waals surface area contributed by atoms with Crippen LogP contribution in [-0.2, 0) is 13.0 Å². The Morgan fingerprint density at radius 1 is 1.31 bits per heavy atom. The summed E-state index contributed by atoms with van der Waals surface area (Å²) in [6.07, 6.45) is 6.65. The summed E-state index contributed by atoms with van der Waals surface area (Å²) < 4.78 is 25.3. The number of hydrogen-bond acceptors (Lipinski definition) is 6. The molecule has 1 aromatic heterocycles. The van der Waals surface area contributed by atoms with Gasteiger partial charge in [0.05, 0.1) is 18.0 Å².